The molecule has 0 aliphatic heterocycles. The molecule has 2 amide bonds. The second-order valence-corrected chi connectivity index (χ2v) is 9.00. The van der Waals surface area contributed by atoms with Gasteiger partial charge in [-0.25, -0.2) is 9.97 Å². The maximum Gasteiger partial charge on any atom is 0.284 e. The summed E-state index contributed by atoms with van der Waals surface area (Å²) < 4.78 is 0. The fourth-order valence-electron chi connectivity index (χ4n) is 2.59. The van der Waals surface area contributed by atoms with Gasteiger partial charge in [-0.15, -0.1) is 21.5 Å². The van der Waals surface area contributed by atoms with Gasteiger partial charge < -0.3 is 16.4 Å². The van der Waals surface area contributed by atoms with Gasteiger partial charge in [-0.3, -0.25) is 9.59 Å². The fourth-order valence-corrected chi connectivity index (χ4v) is 4.94. The zero-order valence-electron chi connectivity index (χ0n) is 15.8. The lowest BCUT2D eigenvalue weighted by atomic mass is 10.2. The number of hydrogen-bond acceptors (Lipinski definition) is 10. The molecule has 0 saturated carbocycles. The number of benzene rings is 1. The number of nitrogens with one attached hydrogen (secondary N) is 2. The van der Waals surface area contributed by atoms with E-state index in [1.165, 1.54) is 40.9 Å². The van der Waals surface area contributed by atoms with Crippen LogP contribution >= 0.6 is 34.0 Å². The molecule has 0 radical (unpaired) electrons. The van der Waals surface area contributed by atoms with Gasteiger partial charge in [-0.05, 0) is 19.1 Å². The lowest BCUT2D eigenvalue weighted by Gasteiger charge is -2.04. The van der Waals surface area contributed by atoms with Crippen LogP contribution in [0.5, 0.6) is 0 Å². The van der Waals surface area contributed by atoms with E-state index in [1.807, 2.05) is 19.1 Å². The van der Waals surface area contributed by atoms with Crippen LogP contribution < -0.4 is 16.4 Å². The van der Waals surface area contributed by atoms with Crippen molar-refractivity contribution in [2.75, 3.05) is 16.4 Å². The summed E-state index contributed by atoms with van der Waals surface area (Å²) >= 11 is 3.83. The number of aromatic nitrogens is 4. The molecule has 0 aliphatic carbocycles. The quantitative estimate of drug-likeness (QED) is 0.414. The van der Waals surface area contributed by atoms with Crippen molar-refractivity contribution in [2.45, 2.75) is 13.8 Å². The van der Waals surface area contributed by atoms with Crippen LogP contribution in [0.15, 0.2) is 29.6 Å². The molecule has 0 aliphatic rings. The van der Waals surface area contributed by atoms with Crippen LogP contribution in [0.3, 0.4) is 0 Å². The summed E-state index contributed by atoms with van der Waals surface area (Å²) in [6, 6.07) is 7.28. The molecular formula is C18H15N7O2S3. The molecule has 9 nitrogen and oxygen atoms in total. The molecule has 4 rings (SSSR count). The molecule has 0 fully saturated rings. The van der Waals surface area contributed by atoms with Crippen LogP contribution in [0.4, 0.5) is 16.0 Å². The number of amides is 2. The Morgan fingerprint density at radius 1 is 1.10 bits per heavy atom. The summed E-state index contributed by atoms with van der Waals surface area (Å²) in [6.07, 6.45) is 0. The third-order valence-corrected chi connectivity index (χ3v) is 6.56. The highest BCUT2D eigenvalue weighted by molar-refractivity contribution is 7.19. The second kappa shape index (κ2) is 8.26. The van der Waals surface area contributed by atoms with E-state index >= 15 is 0 Å². The fraction of sp³-hybridized carbons (Fsp3) is 0.111. The van der Waals surface area contributed by atoms with Gasteiger partial charge in [0.05, 0.1) is 16.3 Å². The number of nitrogens with zero attached hydrogens (tertiary/aromatic N) is 4. The smallest absolute Gasteiger partial charge is 0.284 e. The van der Waals surface area contributed by atoms with Crippen LogP contribution in [0.1, 0.15) is 22.4 Å². The molecule has 0 unspecified atom stereocenters. The van der Waals surface area contributed by atoms with Gasteiger partial charge in [0.1, 0.15) is 5.01 Å². The second-order valence-electron chi connectivity index (χ2n) is 6.13. The van der Waals surface area contributed by atoms with Crippen LogP contribution in [-0.4, -0.2) is 32.0 Å². The first-order valence-electron chi connectivity index (χ1n) is 8.60. The van der Waals surface area contributed by atoms with Crippen LogP contribution in [0.25, 0.3) is 21.1 Å². The van der Waals surface area contributed by atoms with E-state index in [4.69, 9.17) is 5.73 Å². The minimum Gasteiger partial charge on any atom is -0.374 e. The van der Waals surface area contributed by atoms with Crippen molar-refractivity contribution in [3.63, 3.8) is 0 Å². The van der Waals surface area contributed by atoms with Crippen LogP contribution in [0.2, 0.25) is 0 Å². The molecule has 0 atom stereocenters. The van der Waals surface area contributed by atoms with Crippen molar-refractivity contribution in [3.05, 3.63) is 40.3 Å². The maximum absolute atomic E-state index is 12.7. The number of rotatable bonds is 5. The maximum atomic E-state index is 12.7. The molecule has 4 aromatic rings. The van der Waals surface area contributed by atoms with Crippen molar-refractivity contribution >= 4 is 61.8 Å². The number of carbonyl (C=O) groups is 2. The zero-order chi connectivity index (χ0) is 21.3. The molecule has 0 bridgehead atoms. The number of nitrogens with two attached hydrogens (primary N) is 1. The monoisotopic (exact) mass is 457 g/mol. The predicted octanol–water partition coefficient (Wildman–Crippen LogP) is 3.89. The van der Waals surface area contributed by atoms with E-state index in [-0.39, 0.29) is 11.8 Å². The molecule has 3 heterocycles. The van der Waals surface area contributed by atoms with Gasteiger partial charge in [0.25, 0.3) is 5.91 Å². The lowest BCUT2D eigenvalue weighted by Crippen LogP contribution is -2.11. The van der Waals surface area contributed by atoms with Gasteiger partial charge in [0.15, 0.2) is 10.1 Å². The van der Waals surface area contributed by atoms with Gasteiger partial charge in [0, 0.05) is 23.6 Å². The average molecular weight is 458 g/mol. The zero-order valence-corrected chi connectivity index (χ0v) is 18.2. The third kappa shape index (κ3) is 4.35. The van der Waals surface area contributed by atoms with Gasteiger partial charge in [0.2, 0.25) is 11.0 Å². The Morgan fingerprint density at radius 3 is 2.67 bits per heavy atom. The Bertz CT molecular complexity index is 1240. The van der Waals surface area contributed by atoms with Crippen LogP contribution in [-0.2, 0) is 4.79 Å². The highest BCUT2D eigenvalue weighted by atomic mass is 32.1. The summed E-state index contributed by atoms with van der Waals surface area (Å²) in [7, 11) is 0. The molecule has 30 heavy (non-hydrogen) atoms. The molecule has 4 N–H and O–H groups in total. The predicted molar refractivity (Wildman–Crippen MR) is 120 cm³/mol. The Kier molecular flexibility index (Phi) is 5.53. The summed E-state index contributed by atoms with van der Waals surface area (Å²) in [4.78, 5) is 33.5. The number of aryl methyl sites for hydroxylation is 1. The number of carbonyl (C=O) groups excluding carboxylic acids is 2. The first-order valence-corrected chi connectivity index (χ1v) is 11.1. The standard InChI is InChI=1S/C18H15N7O2S3/c1-8-13(29-18(20-8)21-9(2)26)12-7-28-16(23-12)14(27)22-11-5-3-4-10(6-11)15-24-25-17(19)30-15/h3-7H,1-2H3,(H2,19,25)(H,22,27)(H,20,21,26). The number of nitrogen functional groups attached to an aromatic ring is 1. The molecule has 0 saturated heterocycles. The van der Waals surface area contributed by atoms with Gasteiger partial charge >= 0.3 is 0 Å². The van der Waals surface area contributed by atoms with Crippen LogP contribution in [0, 0.1) is 6.92 Å². The van der Waals surface area contributed by atoms with Gasteiger partial charge in [-0.2, -0.15) is 0 Å². The molecule has 12 heteroatoms. The number of anilines is 3. The largest absolute Gasteiger partial charge is 0.374 e. The molecular weight excluding hydrogens is 442 g/mol. The Morgan fingerprint density at radius 2 is 1.93 bits per heavy atom. The van der Waals surface area contributed by atoms with Crippen molar-refractivity contribution in [1.29, 1.82) is 0 Å². The summed E-state index contributed by atoms with van der Waals surface area (Å²) in [6.45, 7) is 3.26. The molecule has 0 spiro atoms. The van der Waals surface area contributed by atoms with Crippen molar-refractivity contribution in [2.24, 2.45) is 0 Å². The lowest BCUT2D eigenvalue weighted by molar-refractivity contribution is -0.114. The summed E-state index contributed by atoms with van der Waals surface area (Å²) in [5.41, 5.74) is 8.46. The summed E-state index contributed by atoms with van der Waals surface area (Å²) in [5.74, 6) is -0.503. The van der Waals surface area contributed by atoms with Gasteiger partial charge in [-0.1, -0.05) is 34.8 Å². The van der Waals surface area contributed by atoms with E-state index in [2.05, 4.69) is 30.8 Å². The minimum absolute atomic E-state index is 0.188. The number of hydrogen-bond donors (Lipinski definition) is 3. The van der Waals surface area contributed by atoms with Crippen molar-refractivity contribution in [3.8, 4) is 21.1 Å². The van der Waals surface area contributed by atoms with E-state index in [9.17, 15) is 9.59 Å². The molecule has 152 valence electrons. The third-order valence-electron chi connectivity index (χ3n) is 3.82. The summed E-state index contributed by atoms with van der Waals surface area (Å²) in [5, 5.41) is 17.0. The van der Waals surface area contributed by atoms with E-state index in [0.29, 0.717) is 31.7 Å². The Labute approximate surface area is 183 Å². The topological polar surface area (TPSA) is 136 Å². The van der Waals surface area contributed by atoms with E-state index < -0.39 is 0 Å². The Hall–Kier alpha value is -3.22. The first-order chi connectivity index (χ1) is 14.4. The first kappa shape index (κ1) is 20.1. The molecule has 3 aromatic heterocycles. The Balaban J connectivity index is 1.51. The molecule has 1 aromatic carbocycles. The SMILES string of the molecule is CC(=O)Nc1nc(C)c(-c2csc(C(=O)Nc3cccc(-c4nnc(N)s4)c3)n2)s1. The normalized spacial score (nSPS) is 10.7. The van der Waals surface area contributed by atoms with Crippen molar-refractivity contribution in [1.82, 2.24) is 20.2 Å². The minimum atomic E-state index is -0.315. The van der Waals surface area contributed by atoms with Crippen molar-refractivity contribution < 1.29 is 9.59 Å². The van der Waals surface area contributed by atoms with E-state index in [0.717, 1.165) is 16.1 Å². The van der Waals surface area contributed by atoms with E-state index in [1.54, 1.807) is 17.5 Å². The number of thiazole rings is 2. The highest BCUT2D eigenvalue weighted by Crippen LogP contribution is 2.33. The highest BCUT2D eigenvalue weighted by Gasteiger charge is 2.17. The average Bonchev–Trinajstić information content (AvgIpc) is 3.41.